The van der Waals surface area contributed by atoms with Crippen molar-refractivity contribution in [1.29, 1.82) is 0 Å². The van der Waals surface area contributed by atoms with Crippen LogP contribution in [-0.4, -0.2) is 22.6 Å². The number of rotatable bonds is 4. The summed E-state index contributed by atoms with van der Waals surface area (Å²) in [7, 11) is 0. The highest BCUT2D eigenvalue weighted by Crippen LogP contribution is 2.21. The van der Waals surface area contributed by atoms with Gasteiger partial charge in [0.25, 0.3) is 0 Å². The minimum absolute atomic E-state index is 0.120. The lowest BCUT2D eigenvalue weighted by atomic mass is 10.00. The Hall–Kier alpha value is -2.18. The second kappa shape index (κ2) is 5.85. The average Bonchev–Trinajstić information content (AvgIpc) is 2.38. The molecular formula is C13H16F2N2O3. The first-order valence-electron chi connectivity index (χ1n) is 5.98. The minimum Gasteiger partial charge on any atom is -0.480 e. The molecule has 0 bridgehead atoms. The zero-order valence-electron chi connectivity index (χ0n) is 11.4. The van der Waals surface area contributed by atoms with E-state index in [1.807, 2.05) is 5.32 Å². The number of hydrogen-bond acceptors (Lipinski definition) is 2. The number of carbonyl (C=O) groups is 2. The fourth-order valence-electron chi connectivity index (χ4n) is 1.46. The van der Waals surface area contributed by atoms with E-state index in [2.05, 4.69) is 5.32 Å². The predicted octanol–water partition coefficient (Wildman–Crippen LogP) is 2.65. The quantitative estimate of drug-likeness (QED) is 0.796. The summed E-state index contributed by atoms with van der Waals surface area (Å²) in [4.78, 5) is 22.7. The lowest BCUT2D eigenvalue weighted by Gasteiger charge is -2.24. The number of nitrogens with one attached hydrogen (secondary N) is 2. The van der Waals surface area contributed by atoms with Gasteiger partial charge < -0.3 is 15.7 Å². The van der Waals surface area contributed by atoms with Gasteiger partial charge in [0.1, 0.15) is 17.0 Å². The van der Waals surface area contributed by atoms with Gasteiger partial charge in [-0.2, -0.15) is 0 Å². The number of carbonyl (C=O) groups excluding carboxylic acids is 1. The molecule has 0 heterocycles. The van der Waals surface area contributed by atoms with Gasteiger partial charge in [-0.05, 0) is 31.9 Å². The Morgan fingerprint density at radius 3 is 2.45 bits per heavy atom. The number of carboxylic acids is 1. The molecule has 0 spiro atoms. The van der Waals surface area contributed by atoms with Gasteiger partial charge in [0.2, 0.25) is 0 Å². The van der Waals surface area contributed by atoms with E-state index >= 15 is 0 Å². The van der Waals surface area contributed by atoms with Crippen molar-refractivity contribution in [3.05, 3.63) is 29.3 Å². The Morgan fingerprint density at radius 2 is 1.95 bits per heavy atom. The lowest BCUT2D eigenvalue weighted by Crippen LogP contribution is -2.53. The third kappa shape index (κ3) is 3.23. The number of benzene rings is 1. The number of anilines is 1. The summed E-state index contributed by atoms with van der Waals surface area (Å²) in [5, 5.41) is 13.2. The van der Waals surface area contributed by atoms with Gasteiger partial charge in [-0.15, -0.1) is 0 Å². The van der Waals surface area contributed by atoms with Crippen molar-refractivity contribution in [2.45, 2.75) is 32.7 Å². The van der Waals surface area contributed by atoms with E-state index < -0.39 is 34.9 Å². The van der Waals surface area contributed by atoms with Gasteiger partial charge in [0.05, 0.1) is 0 Å². The van der Waals surface area contributed by atoms with Crippen LogP contribution in [0.15, 0.2) is 12.1 Å². The van der Waals surface area contributed by atoms with E-state index in [0.29, 0.717) is 0 Å². The molecule has 0 aliphatic rings. The molecule has 1 unspecified atom stereocenters. The van der Waals surface area contributed by atoms with Crippen LogP contribution >= 0.6 is 0 Å². The summed E-state index contributed by atoms with van der Waals surface area (Å²) in [6.07, 6.45) is 0.120. The topological polar surface area (TPSA) is 78.4 Å². The number of aryl methyl sites for hydroxylation is 1. The van der Waals surface area contributed by atoms with Crippen molar-refractivity contribution < 1.29 is 23.5 Å². The lowest BCUT2D eigenvalue weighted by molar-refractivity contribution is -0.143. The van der Waals surface area contributed by atoms with Crippen LogP contribution in [0.5, 0.6) is 0 Å². The van der Waals surface area contributed by atoms with Crippen LogP contribution in [0, 0.1) is 18.6 Å². The zero-order chi connectivity index (χ0) is 15.5. The van der Waals surface area contributed by atoms with E-state index in [0.717, 1.165) is 6.07 Å². The highest BCUT2D eigenvalue weighted by atomic mass is 19.1. The molecule has 2 amide bonds. The maximum atomic E-state index is 13.7. The number of urea groups is 1. The van der Waals surface area contributed by atoms with Crippen molar-refractivity contribution in [2.75, 3.05) is 5.32 Å². The van der Waals surface area contributed by atoms with Crippen LogP contribution in [-0.2, 0) is 4.79 Å². The molecule has 0 aliphatic heterocycles. The van der Waals surface area contributed by atoms with Gasteiger partial charge in [0.15, 0.2) is 5.82 Å². The van der Waals surface area contributed by atoms with Gasteiger partial charge in [-0.25, -0.2) is 18.4 Å². The first kappa shape index (κ1) is 15.9. The molecule has 1 atom stereocenters. The SMILES string of the molecule is CCC(C)(NC(=O)Nc1c(F)ccc(C)c1F)C(=O)O. The predicted molar refractivity (Wildman–Crippen MR) is 69.6 cm³/mol. The number of hydrogen-bond donors (Lipinski definition) is 3. The summed E-state index contributed by atoms with van der Waals surface area (Å²) in [6.45, 7) is 4.30. The van der Waals surface area contributed by atoms with Gasteiger partial charge >= 0.3 is 12.0 Å². The van der Waals surface area contributed by atoms with Crippen LogP contribution in [0.3, 0.4) is 0 Å². The highest BCUT2D eigenvalue weighted by Gasteiger charge is 2.33. The molecule has 20 heavy (non-hydrogen) atoms. The minimum atomic E-state index is -1.51. The summed E-state index contributed by atoms with van der Waals surface area (Å²) in [6, 6.07) is 1.27. The number of carboxylic acid groups (broad SMARTS) is 1. The van der Waals surface area contributed by atoms with Gasteiger partial charge in [0, 0.05) is 0 Å². The molecular weight excluding hydrogens is 270 g/mol. The molecule has 0 aromatic heterocycles. The second-order valence-electron chi connectivity index (χ2n) is 4.62. The Labute approximate surface area is 115 Å². The molecule has 0 aliphatic carbocycles. The Morgan fingerprint density at radius 1 is 1.35 bits per heavy atom. The molecule has 0 fully saturated rings. The molecule has 0 radical (unpaired) electrons. The monoisotopic (exact) mass is 286 g/mol. The van der Waals surface area contributed by atoms with Gasteiger partial charge in [-0.3, -0.25) is 0 Å². The highest BCUT2D eigenvalue weighted by molar-refractivity contribution is 5.94. The molecule has 0 saturated heterocycles. The summed E-state index contributed by atoms with van der Waals surface area (Å²) < 4.78 is 27.2. The van der Waals surface area contributed by atoms with E-state index in [9.17, 15) is 18.4 Å². The van der Waals surface area contributed by atoms with Crippen LogP contribution in [0.1, 0.15) is 25.8 Å². The maximum absolute atomic E-state index is 13.7. The van der Waals surface area contributed by atoms with E-state index in [1.165, 1.54) is 19.9 Å². The van der Waals surface area contributed by atoms with Crippen LogP contribution in [0.25, 0.3) is 0 Å². The van der Waals surface area contributed by atoms with Crippen molar-refractivity contribution in [3.63, 3.8) is 0 Å². The molecule has 3 N–H and O–H groups in total. The summed E-state index contributed by atoms with van der Waals surface area (Å²) >= 11 is 0. The summed E-state index contributed by atoms with van der Waals surface area (Å²) in [5.74, 6) is -3.06. The first-order chi connectivity index (χ1) is 9.21. The van der Waals surface area contributed by atoms with Crippen LogP contribution < -0.4 is 10.6 Å². The zero-order valence-corrected chi connectivity index (χ0v) is 11.4. The molecule has 0 saturated carbocycles. The van der Waals surface area contributed by atoms with Crippen molar-refractivity contribution >= 4 is 17.7 Å². The number of amides is 2. The van der Waals surface area contributed by atoms with Crippen molar-refractivity contribution in [3.8, 4) is 0 Å². The molecule has 5 nitrogen and oxygen atoms in total. The van der Waals surface area contributed by atoms with Gasteiger partial charge in [-0.1, -0.05) is 13.0 Å². The third-order valence-electron chi connectivity index (χ3n) is 3.09. The number of aliphatic carboxylic acids is 1. The molecule has 1 aromatic rings. The number of halogens is 2. The van der Waals surface area contributed by atoms with Crippen molar-refractivity contribution in [2.24, 2.45) is 0 Å². The fourth-order valence-corrected chi connectivity index (χ4v) is 1.46. The average molecular weight is 286 g/mol. The van der Waals surface area contributed by atoms with E-state index in [4.69, 9.17) is 5.11 Å². The fraction of sp³-hybridized carbons (Fsp3) is 0.385. The Bertz CT molecular complexity index is 549. The molecule has 1 aromatic carbocycles. The van der Waals surface area contributed by atoms with Crippen LogP contribution in [0.4, 0.5) is 19.3 Å². The van der Waals surface area contributed by atoms with Crippen LogP contribution in [0.2, 0.25) is 0 Å². The van der Waals surface area contributed by atoms with E-state index in [1.54, 1.807) is 6.92 Å². The smallest absolute Gasteiger partial charge is 0.329 e. The molecule has 1 rings (SSSR count). The standard InChI is InChI=1S/C13H16F2N2O3/c1-4-13(3,11(18)19)17-12(20)16-10-8(14)6-5-7(2)9(10)15/h5-6H,4H2,1-3H3,(H,18,19)(H2,16,17,20). The third-order valence-corrected chi connectivity index (χ3v) is 3.09. The van der Waals surface area contributed by atoms with Crippen molar-refractivity contribution in [1.82, 2.24) is 5.32 Å². The first-order valence-corrected chi connectivity index (χ1v) is 5.98. The Balaban J connectivity index is 2.93. The summed E-state index contributed by atoms with van der Waals surface area (Å²) in [5.41, 5.74) is -1.95. The molecule has 7 heteroatoms. The largest absolute Gasteiger partial charge is 0.480 e. The normalized spacial score (nSPS) is 13.4. The maximum Gasteiger partial charge on any atom is 0.329 e. The molecule has 110 valence electrons. The second-order valence-corrected chi connectivity index (χ2v) is 4.62. The van der Waals surface area contributed by atoms with E-state index in [-0.39, 0.29) is 12.0 Å². The Kier molecular flexibility index (Phi) is 4.65.